The van der Waals surface area contributed by atoms with Gasteiger partial charge in [0.15, 0.2) is 0 Å². The van der Waals surface area contributed by atoms with Gasteiger partial charge in [-0.15, -0.1) is 0 Å². The number of hydrogen-bond donors (Lipinski definition) is 2. The Balaban J connectivity index is 1.60. The van der Waals surface area contributed by atoms with E-state index >= 15 is 0 Å². The number of nitrogens with zero attached hydrogens (tertiary/aromatic N) is 1. The van der Waals surface area contributed by atoms with Crippen LogP contribution in [0.25, 0.3) is 0 Å². The van der Waals surface area contributed by atoms with Crippen LogP contribution in [0.15, 0.2) is 48.5 Å². The van der Waals surface area contributed by atoms with Crippen molar-refractivity contribution >= 4 is 40.9 Å². The highest BCUT2D eigenvalue weighted by Gasteiger charge is 2.22. The molecule has 2 aromatic carbocycles. The minimum atomic E-state index is -1.13. The lowest BCUT2D eigenvalue weighted by atomic mass is 10.1. The zero-order chi connectivity index (χ0) is 21.5. The number of morpholine rings is 1. The van der Waals surface area contributed by atoms with Gasteiger partial charge in [0.1, 0.15) is 11.8 Å². The van der Waals surface area contributed by atoms with Gasteiger partial charge in [-0.2, -0.15) is 0 Å². The van der Waals surface area contributed by atoms with Crippen molar-refractivity contribution in [3.63, 3.8) is 0 Å². The first kappa shape index (κ1) is 22.0. The molecule has 0 aromatic heterocycles. The summed E-state index contributed by atoms with van der Waals surface area (Å²) in [5.41, 5.74) is 0.956. The maximum absolute atomic E-state index is 12.4. The van der Waals surface area contributed by atoms with Crippen molar-refractivity contribution in [2.45, 2.75) is 12.5 Å². The highest BCUT2D eigenvalue weighted by atomic mass is 35.5. The van der Waals surface area contributed by atoms with E-state index in [2.05, 4.69) is 5.32 Å². The van der Waals surface area contributed by atoms with Crippen molar-refractivity contribution in [3.05, 3.63) is 64.7 Å². The predicted octanol–water partition coefficient (Wildman–Crippen LogP) is 2.76. The number of rotatable bonds is 6. The maximum Gasteiger partial charge on any atom is 0.326 e. The average Bonchev–Trinajstić information content (AvgIpc) is 2.75. The fourth-order valence-electron chi connectivity index (χ4n) is 2.92. The van der Waals surface area contributed by atoms with Crippen LogP contribution >= 0.6 is 23.8 Å². The molecule has 0 saturated carbocycles. The van der Waals surface area contributed by atoms with Crippen LogP contribution in [-0.2, 0) is 16.0 Å². The number of benzene rings is 2. The average molecular weight is 449 g/mol. The topological polar surface area (TPSA) is 88.1 Å². The molecule has 1 amide bonds. The highest BCUT2D eigenvalue weighted by molar-refractivity contribution is 7.80. The number of carbonyl (C=O) groups is 2. The van der Waals surface area contributed by atoms with Crippen LogP contribution in [0.2, 0.25) is 5.02 Å². The fourth-order valence-corrected chi connectivity index (χ4v) is 3.42. The number of carboxylic acid groups (broad SMARTS) is 1. The molecule has 1 fully saturated rings. The monoisotopic (exact) mass is 448 g/mol. The Morgan fingerprint density at radius 2 is 1.83 bits per heavy atom. The van der Waals surface area contributed by atoms with Crippen molar-refractivity contribution in [2.24, 2.45) is 0 Å². The summed E-state index contributed by atoms with van der Waals surface area (Å²) in [5.74, 6) is -1.12. The van der Waals surface area contributed by atoms with Crippen LogP contribution in [0, 0.1) is 0 Å². The van der Waals surface area contributed by atoms with Crippen LogP contribution < -0.4 is 10.1 Å². The van der Waals surface area contributed by atoms with Crippen molar-refractivity contribution in [1.82, 2.24) is 10.2 Å². The molecule has 30 heavy (non-hydrogen) atoms. The Morgan fingerprint density at radius 1 is 1.17 bits per heavy atom. The molecule has 2 N–H and O–H groups in total. The van der Waals surface area contributed by atoms with Crippen molar-refractivity contribution in [3.8, 4) is 5.75 Å². The van der Waals surface area contributed by atoms with E-state index in [0.29, 0.717) is 37.2 Å². The van der Waals surface area contributed by atoms with E-state index in [9.17, 15) is 14.7 Å². The first-order valence-electron chi connectivity index (χ1n) is 9.35. The first-order valence-corrected chi connectivity index (χ1v) is 10.1. The van der Waals surface area contributed by atoms with Gasteiger partial charge in [-0.05, 0) is 42.0 Å². The molecule has 1 aliphatic heterocycles. The molecule has 1 atom stereocenters. The summed E-state index contributed by atoms with van der Waals surface area (Å²) in [5, 5.41) is 12.7. The van der Waals surface area contributed by atoms with E-state index in [1.165, 1.54) is 0 Å². The van der Waals surface area contributed by atoms with Gasteiger partial charge in [0.05, 0.1) is 23.8 Å². The molecular formula is C21H21ClN2O5S. The summed E-state index contributed by atoms with van der Waals surface area (Å²) in [6, 6.07) is 12.3. The molecule has 0 spiro atoms. The molecule has 1 saturated heterocycles. The Labute approximate surface area is 184 Å². The number of carbonyl (C=O) groups excluding carboxylic acids is 1. The van der Waals surface area contributed by atoms with Crippen LogP contribution in [-0.4, -0.2) is 59.4 Å². The van der Waals surface area contributed by atoms with E-state index in [1.807, 2.05) is 4.90 Å². The largest absolute Gasteiger partial charge is 0.480 e. The standard InChI is InChI=1S/C21H21ClN2O5S/c22-17-4-2-1-3-16(17)19(25)23-18(20(26)27)13-14-5-7-15(8-6-14)29-21(30)24-9-11-28-12-10-24/h1-8,18H,9-13H2,(H,23,25)(H,26,27). The summed E-state index contributed by atoms with van der Waals surface area (Å²) in [6.07, 6.45) is 0.111. The second-order valence-electron chi connectivity index (χ2n) is 6.66. The Morgan fingerprint density at radius 3 is 2.47 bits per heavy atom. The highest BCUT2D eigenvalue weighted by Crippen LogP contribution is 2.17. The zero-order valence-corrected chi connectivity index (χ0v) is 17.6. The minimum Gasteiger partial charge on any atom is -0.480 e. The number of nitrogens with one attached hydrogen (secondary N) is 1. The number of thiocarbonyl (C=S) groups is 1. The molecule has 0 bridgehead atoms. The normalized spacial score (nSPS) is 14.6. The molecule has 0 radical (unpaired) electrons. The van der Waals surface area contributed by atoms with Gasteiger partial charge in [-0.1, -0.05) is 35.9 Å². The molecule has 9 heteroatoms. The van der Waals surface area contributed by atoms with Gasteiger partial charge in [0, 0.05) is 19.5 Å². The van der Waals surface area contributed by atoms with E-state index in [-0.39, 0.29) is 17.0 Å². The lowest BCUT2D eigenvalue weighted by molar-refractivity contribution is -0.139. The minimum absolute atomic E-state index is 0.111. The smallest absolute Gasteiger partial charge is 0.326 e. The second kappa shape index (κ2) is 10.4. The van der Waals surface area contributed by atoms with Crippen LogP contribution in [0.3, 0.4) is 0 Å². The van der Waals surface area contributed by atoms with Gasteiger partial charge in [-0.3, -0.25) is 4.79 Å². The number of ether oxygens (including phenoxy) is 2. The number of aliphatic carboxylic acids is 1. The van der Waals surface area contributed by atoms with Crippen molar-refractivity contribution < 1.29 is 24.2 Å². The molecule has 1 aliphatic rings. The lowest BCUT2D eigenvalue weighted by Crippen LogP contribution is -2.42. The molecule has 158 valence electrons. The fraction of sp³-hybridized carbons (Fsp3) is 0.286. The quantitative estimate of drug-likeness (QED) is 0.657. The summed E-state index contributed by atoms with van der Waals surface area (Å²) in [7, 11) is 0. The van der Waals surface area contributed by atoms with Crippen LogP contribution in [0.4, 0.5) is 0 Å². The number of amides is 1. The number of halogens is 1. The number of hydrogen-bond acceptors (Lipinski definition) is 5. The van der Waals surface area contributed by atoms with Gasteiger partial charge in [0.2, 0.25) is 0 Å². The third-order valence-electron chi connectivity index (χ3n) is 4.56. The first-order chi connectivity index (χ1) is 14.4. The van der Waals surface area contributed by atoms with Crippen LogP contribution in [0.5, 0.6) is 5.75 Å². The predicted molar refractivity (Wildman–Crippen MR) is 116 cm³/mol. The van der Waals surface area contributed by atoms with E-state index < -0.39 is 17.9 Å². The summed E-state index contributed by atoms with van der Waals surface area (Å²) < 4.78 is 11.0. The van der Waals surface area contributed by atoms with E-state index in [1.54, 1.807) is 48.5 Å². The lowest BCUT2D eigenvalue weighted by Gasteiger charge is -2.28. The van der Waals surface area contributed by atoms with Gasteiger partial charge in [-0.25, -0.2) is 4.79 Å². The molecule has 1 heterocycles. The summed E-state index contributed by atoms with van der Waals surface area (Å²) in [6.45, 7) is 2.59. The molecule has 0 aliphatic carbocycles. The Bertz CT molecular complexity index is 916. The van der Waals surface area contributed by atoms with Gasteiger partial charge in [0.25, 0.3) is 11.1 Å². The zero-order valence-electron chi connectivity index (χ0n) is 16.0. The van der Waals surface area contributed by atoms with Gasteiger partial charge < -0.3 is 24.8 Å². The Hall–Kier alpha value is -2.68. The molecule has 1 unspecified atom stereocenters. The number of carboxylic acids is 1. The maximum atomic E-state index is 12.4. The molecular weight excluding hydrogens is 428 g/mol. The van der Waals surface area contributed by atoms with E-state index in [0.717, 1.165) is 5.56 Å². The third kappa shape index (κ3) is 5.91. The summed E-state index contributed by atoms with van der Waals surface area (Å²) >= 11 is 11.3. The SMILES string of the molecule is O=C(NC(Cc1ccc(OC(=S)N2CCOCC2)cc1)C(=O)O)c1ccccc1Cl. The Kier molecular flexibility index (Phi) is 7.62. The molecule has 3 rings (SSSR count). The molecule has 2 aromatic rings. The third-order valence-corrected chi connectivity index (χ3v) is 5.23. The van der Waals surface area contributed by atoms with Crippen molar-refractivity contribution in [2.75, 3.05) is 26.3 Å². The van der Waals surface area contributed by atoms with Crippen molar-refractivity contribution in [1.29, 1.82) is 0 Å². The molecule has 7 nitrogen and oxygen atoms in total. The second-order valence-corrected chi connectivity index (χ2v) is 7.42. The van der Waals surface area contributed by atoms with Gasteiger partial charge >= 0.3 is 5.97 Å². The van der Waals surface area contributed by atoms with Crippen LogP contribution in [0.1, 0.15) is 15.9 Å². The summed E-state index contributed by atoms with van der Waals surface area (Å²) in [4.78, 5) is 26.0. The van der Waals surface area contributed by atoms with E-state index in [4.69, 9.17) is 33.3 Å².